The van der Waals surface area contributed by atoms with Crippen molar-refractivity contribution >= 4 is 11.9 Å². The molecule has 0 aliphatic carbocycles. The Labute approximate surface area is 81.8 Å². The Morgan fingerprint density at radius 3 is 1.80 bits per heavy atom. The van der Waals surface area contributed by atoms with Crippen molar-refractivity contribution in [1.82, 2.24) is 0 Å². The zero-order chi connectivity index (χ0) is 12.4. The number of rotatable bonds is 4. The smallest absolute Gasteiger partial charge is 0.410 e. The second-order valence-corrected chi connectivity index (χ2v) is 2.89. The normalized spacial score (nSPS) is 12.7. The monoisotopic (exact) mass is 231 g/mol. The van der Waals surface area contributed by atoms with E-state index in [9.17, 15) is 32.3 Å². The molecule has 4 nitrogen and oxygen atoms in total. The van der Waals surface area contributed by atoms with Crippen molar-refractivity contribution in [2.75, 3.05) is 0 Å². The van der Waals surface area contributed by atoms with Crippen molar-refractivity contribution in [2.45, 2.75) is 31.8 Å². The molecule has 0 atom stereocenters. The molecule has 0 rings (SSSR count). The van der Waals surface area contributed by atoms with E-state index in [0.717, 1.165) is 13.8 Å². The third kappa shape index (κ3) is 2.57. The van der Waals surface area contributed by atoms with E-state index >= 15 is 0 Å². The first-order valence-electron chi connectivity index (χ1n) is 3.71. The molecule has 0 aromatic carbocycles. The highest BCUT2D eigenvalue weighted by Crippen LogP contribution is 2.35. The van der Waals surface area contributed by atoms with Crippen LogP contribution < -0.4 is 5.11 Å². The lowest BCUT2D eigenvalue weighted by atomic mass is 10.2. The van der Waals surface area contributed by atoms with Crippen LogP contribution >= 0.6 is 0 Å². The number of hydrogen-bond donors (Lipinski definition) is 0. The van der Waals surface area contributed by atoms with Crippen molar-refractivity contribution < 1.29 is 37.0 Å². The lowest BCUT2D eigenvalue weighted by Gasteiger charge is -2.25. The van der Waals surface area contributed by atoms with Crippen molar-refractivity contribution in [2.24, 2.45) is 0 Å². The molecule has 88 valence electrons. The van der Waals surface area contributed by atoms with Crippen LogP contribution in [0.15, 0.2) is 0 Å². The van der Waals surface area contributed by atoms with Gasteiger partial charge in [0.1, 0.15) is 5.97 Å². The van der Waals surface area contributed by atoms with Gasteiger partial charge in [-0.25, -0.2) is 4.79 Å². The number of esters is 1. The molecule has 0 radical (unpaired) electrons. The lowest BCUT2D eigenvalue weighted by Crippen LogP contribution is -2.58. The molecule has 0 spiro atoms. The second kappa shape index (κ2) is 4.03. The number of carbonyl (C=O) groups excluding carboxylic acids is 2. The van der Waals surface area contributed by atoms with Crippen LogP contribution in [0, 0.1) is 0 Å². The molecule has 0 N–H and O–H groups in total. The Kier molecular flexibility index (Phi) is 3.67. The first-order valence-corrected chi connectivity index (χ1v) is 3.71. The lowest BCUT2D eigenvalue weighted by molar-refractivity contribution is -0.346. The predicted molar refractivity (Wildman–Crippen MR) is 36.1 cm³/mol. The number of carboxylic acid groups (broad SMARTS) is 1. The molecule has 0 heterocycles. The van der Waals surface area contributed by atoms with Gasteiger partial charge in [0, 0.05) is 0 Å². The Balaban J connectivity index is 4.96. The van der Waals surface area contributed by atoms with Gasteiger partial charge in [-0.2, -0.15) is 17.6 Å². The van der Waals surface area contributed by atoms with E-state index in [1.54, 1.807) is 0 Å². The Morgan fingerprint density at radius 2 is 1.53 bits per heavy atom. The van der Waals surface area contributed by atoms with E-state index in [1.165, 1.54) is 0 Å². The fourth-order valence-corrected chi connectivity index (χ4v) is 0.544. The molecule has 0 aromatic rings. The van der Waals surface area contributed by atoms with Gasteiger partial charge in [-0.15, -0.1) is 0 Å². The summed E-state index contributed by atoms with van der Waals surface area (Å²) in [7, 11) is 0. The molecule has 15 heavy (non-hydrogen) atoms. The molecule has 0 saturated carbocycles. The minimum Gasteiger partial charge on any atom is -0.544 e. The van der Waals surface area contributed by atoms with E-state index in [0.29, 0.717) is 0 Å². The van der Waals surface area contributed by atoms with Crippen molar-refractivity contribution in [3.63, 3.8) is 0 Å². The highest BCUT2D eigenvalue weighted by molar-refractivity contribution is 5.88. The highest BCUT2D eigenvalue weighted by atomic mass is 19.3. The van der Waals surface area contributed by atoms with Crippen LogP contribution in [-0.4, -0.2) is 29.9 Å². The second-order valence-electron chi connectivity index (χ2n) is 2.89. The Morgan fingerprint density at radius 1 is 1.13 bits per heavy atom. The molecular weight excluding hydrogens is 224 g/mol. The maximum Gasteiger partial charge on any atom is 0.410 e. The van der Waals surface area contributed by atoms with Gasteiger partial charge in [0.2, 0.25) is 0 Å². The topological polar surface area (TPSA) is 66.4 Å². The Bertz CT molecular complexity index is 274. The Hall–Kier alpha value is -1.34. The van der Waals surface area contributed by atoms with Crippen LogP contribution in [0.5, 0.6) is 0 Å². The molecule has 0 aromatic heterocycles. The van der Waals surface area contributed by atoms with Gasteiger partial charge in [0.05, 0.1) is 6.10 Å². The minimum absolute atomic E-state index is 1.07. The van der Waals surface area contributed by atoms with Gasteiger partial charge in [0.25, 0.3) is 0 Å². The number of aliphatic carboxylic acids is 1. The van der Waals surface area contributed by atoms with Crippen LogP contribution in [-0.2, 0) is 14.3 Å². The number of ether oxygens (including phenoxy) is 1. The van der Waals surface area contributed by atoms with E-state index in [1.807, 2.05) is 0 Å². The standard InChI is InChI=1S/C7H8F4O4/c1-3(2)15-5(14)7(10,11)6(8,9)4(12)13/h3H,1-2H3,(H,12,13)/p-1. The molecule has 0 unspecified atom stereocenters. The minimum atomic E-state index is -5.60. The highest BCUT2D eigenvalue weighted by Gasteiger charge is 2.64. The summed E-state index contributed by atoms with van der Waals surface area (Å²) in [5, 5.41) is 9.71. The zero-order valence-electron chi connectivity index (χ0n) is 7.72. The average Bonchev–Trinajstić information content (AvgIpc) is 2.01. The van der Waals surface area contributed by atoms with Gasteiger partial charge in [0.15, 0.2) is 0 Å². The summed E-state index contributed by atoms with van der Waals surface area (Å²) in [4.78, 5) is 20.2. The summed E-state index contributed by atoms with van der Waals surface area (Å²) in [5.74, 6) is -17.0. The van der Waals surface area contributed by atoms with Gasteiger partial charge in [-0.1, -0.05) is 0 Å². The summed E-state index contributed by atoms with van der Waals surface area (Å²) in [6.45, 7) is 2.29. The van der Waals surface area contributed by atoms with Gasteiger partial charge < -0.3 is 14.6 Å². The molecular formula is C7H7F4O4-. The van der Waals surface area contributed by atoms with Crippen molar-refractivity contribution in [3.8, 4) is 0 Å². The molecule has 0 amide bonds. The molecule has 8 heteroatoms. The van der Waals surface area contributed by atoms with Crippen molar-refractivity contribution in [1.29, 1.82) is 0 Å². The van der Waals surface area contributed by atoms with Crippen LogP contribution in [0.25, 0.3) is 0 Å². The van der Waals surface area contributed by atoms with Crippen LogP contribution in [0.4, 0.5) is 17.6 Å². The summed E-state index contributed by atoms with van der Waals surface area (Å²) in [5.41, 5.74) is 0. The number of halogens is 4. The summed E-state index contributed by atoms with van der Waals surface area (Å²) < 4.78 is 53.5. The first-order chi connectivity index (χ1) is 6.53. The van der Waals surface area contributed by atoms with Crippen LogP contribution in [0.3, 0.4) is 0 Å². The van der Waals surface area contributed by atoms with E-state index in [2.05, 4.69) is 4.74 Å². The quantitative estimate of drug-likeness (QED) is 0.503. The zero-order valence-corrected chi connectivity index (χ0v) is 7.72. The average molecular weight is 231 g/mol. The molecule has 0 saturated heterocycles. The molecule has 0 aliphatic rings. The van der Waals surface area contributed by atoms with E-state index in [4.69, 9.17) is 0 Å². The van der Waals surface area contributed by atoms with Crippen LogP contribution in [0.2, 0.25) is 0 Å². The SMILES string of the molecule is CC(C)OC(=O)C(F)(F)C(F)(F)C(=O)[O-]. The maximum absolute atomic E-state index is 12.6. The number of carbonyl (C=O) groups is 2. The molecule has 0 bridgehead atoms. The van der Waals surface area contributed by atoms with Crippen LogP contribution in [0.1, 0.15) is 13.8 Å². The third-order valence-electron chi connectivity index (χ3n) is 1.25. The summed E-state index contributed by atoms with van der Waals surface area (Å²) in [6, 6.07) is 0. The molecule has 0 fully saturated rings. The van der Waals surface area contributed by atoms with E-state index in [-0.39, 0.29) is 0 Å². The maximum atomic E-state index is 12.6. The van der Waals surface area contributed by atoms with E-state index < -0.39 is 29.9 Å². The largest absolute Gasteiger partial charge is 0.544 e. The van der Waals surface area contributed by atoms with Gasteiger partial charge in [-0.05, 0) is 13.8 Å². The third-order valence-corrected chi connectivity index (χ3v) is 1.25. The summed E-state index contributed by atoms with van der Waals surface area (Å²) >= 11 is 0. The first kappa shape index (κ1) is 13.7. The number of carboxylic acids is 1. The number of hydrogen-bond acceptors (Lipinski definition) is 4. The fraction of sp³-hybridized carbons (Fsp3) is 0.714. The predicted octanol–water partition coefficient (Wildman–Crippen LogP) is -0.0415. The van der Waals surface area contributed by atoms with Gasteiger partial charge in [-0.3, -0.25) is 0 Å². The van der Waals surface area contributed by atoms with Gasteiger partial charge >= 0.3 is 17.8 Å². The number of alkyl halides is 4. The fourth-order valence-electron chi connectivity index (χ4n) is 0.544. The molecule has 0 aliphatic heterocycles. The van der Waals surface area contributed by atoms with Crippen molar-refractivity contribution in [3.05, 3.63) is 0 Å². The summed E-state index contributed by atoms with van der Waals surface area (Å²) in [6.07, 6.45) is -1.07.